The summed E-state index contributed by atoms with van der Waals surface area (Å²) in [6.07, 6.45) is 0. The van der Waals surface area contributed by atoms with E-state index in [1.54, 1.807) is 0 Å². The van der Waals surface area contributed by atoms with E-state index in [4.69, 9.17) is 5.11 Å². The van der Waals surface area contributed by atoms with Gasteiger partial charge in [-0.2, -0.15) is 5.48 Å². The molecule has 3 N–H and O–H groups in total. The van der Waals surface area contributed by atoms with Crippen LogP contribution in [-0.4, -0.2) is 22.0 Å². The number of nitrogens with one attached hydrogen (secondary N) is 2. The van der Waals surface area contributed by atoms with Crippen LogP contribution in [0.3, 0.4) is 0 Å². The van der Waals surface area contributed by atoms with E-state index in [-0.39, 0.29) is 19.2 Å². The fourth-order valence-corrected chi connectivity index (χ4v) is 0.487. The van der Waals surface area contributed by atoms with Gasteiger partial charge in [-0.3, -0.25) is 14.3 Å². The third-order valence-electron chi connectivity index (χ3n) is 0.861. The van der Waals surface area contributed by atoms with Gasteiger partial charge in [0.1, 0.15) is 13.3 Å². The van der Waals surface area contributed by atoms with Gasteiger partial charge in [-0.05, 0) is 0 Å². The lowest BCUT2D eigenvalue weighted by Crippen LogP contribution is -2.15. The van der Waals surface area contributed by atoms with Gasteiger partial charge in [0.25, 0.3) is 0 Å². The van der Waals surface area contributed by atoms with Crippen LogP contribution in [0.5, 0.6) is 0 Å². The topological polar surface area (TPSA) is 100 Å². The quantitative estimate of drug-likeness (QED) is 0.277. The molecule has 0 unspecified atom stereocenters. The Kier molecular flexibility index (Phi) is 2.78. The zero-order valence-corrected chi connectivity index (χ0v) is 5.53. The molecular formula is C4H7N3O4. The number of hydroxylamine groups is 1. The molecule has 1 rings (SSSR count). The number of aliphatic hydroxyl groups is 1. The van der Waals surface area contributed by atoms with Crippen molar-refractivity contribution in [3.05, 3.63) is 16.4 Å². The average Bonchev–Trinajstić information content (AvgIpc) is 2.37. The van der Waals surface area contributed by atoms with Gasteiger partial charge in [0, 0.05) is 0 Å². The first kappa shape index (κ1) is 7.92. The van der Waals surface area contributed by atoms with Gasteiger partial charge in [-0.1, -0.05) is 5.16 Å². The standard InChI is InChI=1S/C4H7N3O4/c8-2-5-10-1-3-6-4(9)11-7-3/h5,8H,1-2H2,(H,6,7,9). The van der Waals surface area contributed by atoms with Crippen molar-refractivity contribution in [2.24, 2.45) is 0 Å². The number of aromatic nitrogens is 2. The van der Waals surface area contributed by atoms with Crippen LogP contribution >= 0.6 is 0 Å². The fourth-order valence-electron chi connectivity index (χ4n) is 0.487. The summed E-state index contributed by atoms with van der Waals surface area (Å²) >= 11 is 0. The van der Waals surface area contributed by atoms with Gasteiger partial charge < -0.3 is 5.11 Å². The molecule has 0 aliphatic carbocycles. The summed E-state index contributed by atoms with van der Waals surface area (Å²) in [6.45, 7) is -0.269. The maximum absolute atomic E-state index is 10.3. The molecule has 1 aromatic rings. The normalized spacial score (nSPS) is 10.3. The van der Waals surface area contributed by atoms with Gasteiger partial charge in [0.2, 0.25) is 0 Å². The van der Waals surface area contributed by atoms with Crippen LogP contribution in [0.4, 0.5) is 0 Å². The molecule has 0 aliphatic heterocycles. The second-order valence-corrected chi connectivity index (χ2v) is 1.63. The number of H-pyrrole nitrogens is 1. The zero-order valence-electron chi connectivity index (χ0n) is 5.53. The van der Waals surface area contributed by atoms with Crippen LogP contribution in [0.25, 0.3) is 0 Å². The highest BCUT2D eigenvalue weighted by Gasteiger charge is 1.98. The maximum Gasteiger partial charge on any atom is 0.438 e. The van der Waals surface area contributed by atoms with E-state index in [1.807, 2.05) is 0 Å². The Morgan fingerprint density at radius 2 is 2.64 bits per heavy atom. The molecule has 0 fully saturated rings. The number of hydrogen-bond donors (Lipinski definition) is 3. The van der Waals surface area contributed by atoms with E-state index in [2.05, 4.69) is 25.0 Å². The van der Waals surface area contributed by atoms with Crippen molar-refractivity contribution in [1.82, 2.24) is 15.6 Å². The Labute approximate surface area is 60.9 Å². The summed E-state index contributed by atoms with van der Waals surface area (Å²) in [5.74, 6) is -0.372. The van der Waals surface area contributed by atoms with Gasteiger partial charge in [0.15, 0.2) is 5.82 Å². The molecule has 62 valence electrons. The molecule has 0 bridgehead atoms. The third kappa shape index (κ3) is 2.50. The van der Waals surface area contributed by atoms with Gasteiger partial charge in [0.05, 0.1) is 0 Å². The Morgan fingerprint density at radius 3 is 3.18 bits per heavy atom. The highest BCUT2D eigenvalue weighted by Crippen LogP contribution is 1.84. The molecule has 0 saturated heterocycles. The van der Waals surface area contributed by atoms with Gasteiger partial charge in [-0.25, -0.2) is 4.79 Å². The van der Waals surface area contributed by atoms with E-state index < -0.39 is 5.76 Å². The monoisotopic (exact) mass is 161 g/mol. The summed E-state index contributed by atoms with van der Waals surface area (Å²) in [5, 5.41) is 11.5. The van der Waals surface area contributed by atoms with Crippen molar-refractivity contribution < 1.29 is 14.5 Å². The predicted molar refractivity (Wildman–Crippen MR) is 32.1 cm³/mol. The van der Waals surface area contributed by atoms with E-state index in [9.17, 15) is 4.79 Å². The lowest BCUT2D eigenvalue weighted by molar-refractivity contribution is -0.0190. The first-order chi connectivity index (χ1) is 5.33. The molecule has 1 aromatic heterocycles. The van der Waals surface area contributed by atoms with Gasteiger partial charge >= 0.3 is 5.76 Å². The third-order valence-corrected chi connectivity index (χ3v) is 0.861. The number of aliphatic hydroxyl groups excluding tert-OH is 1. The largest absolute Gasteiger partial charge is 0.438 e. The van der Waals surface area contributed by atoms with Crippen molar-refractivity contribution in [3.63, 3.8) is 0 Å². The Bertz CT molecular complexity index is 254. The Hall–Kier alpha value is -1.18. The van der Waals surface area contributed by atoms with Crippen LogP contribution in [0, 0.1) is 0 Å². The zero-order chi connectivity index (χ0) is 8.10. The summed E-state index contributed by atoms with van der Waals surface area (Å²) in [5.41, 5.74) is 2.16. The first-order valence-electron chi connectivity index (χ1n) is 2.83. The predicted octanol–water partition coefficient (Wildman–Crippen LogP) is -1.67. The molecule has 0 aliphatic rings. The molecule has 0 atom stereocenters. The number of nitrogens with zero attached hydrogens (tertiary/aromatic N) is 1. The Balaban J connectivity index is 2.33. The maximum atomic E-state index is 10.3. The molecule has 11 heavy (non-hydrogen) atoms. The number of hydrogen-bond acceptors (Lipinski definition) is 6. The van der Waals surface area contributed by atoms with Crippen LogP contribution in [0.1, 0.15) is 5.82 Å². The highest BCUT2D eigenvalue weighted by molar-refractivity contribution is 4.72. The molecule has 7 heteroatoms. The van der Waals surface area contributed by atoms with Crippen LogP contribution in [0.15, 0.2) is 9.32 Å². The van der Waals surface area contributed by atoms with Gasteiger partial charge in [-0.15, -0.1) is 0 Å². The fraction of sp³-hybridized carbons (Fsp3) is 0.500. The van der Waals surface area contributed by atoms with Crippen LogP contribution in [-0.2, 0) is 11.4 Å². The minimum atomic E-state index is -0.632. The minimum absolute atomic E-state index is 0.0340. The van der Waals surface area contributed by atoms with E-state index >= 15 is 0 Å². The second-order valence-electron chi connectivity index (χ2n) is 1.63. The van der Waals surface area contributed by atoms with E-state index in [0.717, 1.165) is 0 Å². The van der Waals surface area contributed by atoms with E-state index in [1.165, 1.54) is 0 Å². The summed E-state index contributed by atoms with van der Waals surface area (Å²) in [4.78, 5) is 17.2. The SMILES string of the molecule is O=c1[nH]c(CONCO)no1. The molecule has 0 spiro atoms. The molecule has 0 saturated carbocycles. The highest BCUT2D eigenvalue weighted by atomic mass is 16.7. The molecule has 0 amide bonds. The lowest BCUT2D eigenvalue weighted by atomic mass is 10.7. The minimum Gasteiger partial charge on any atom is -0.379 e. The number of rotatable bonds is 4. The number of aromatic amines is 1. The molecule has 0 aromatic carbocycles. The smallest absolute Gasteiger partial charge is 0.379 e. The summed E-state index contributed by atoms with van der Waals surface area (Å²) in [6, 6.07) is 0. The molecule has 7 nitrogen and oxygen atoms in total. The summed E-state index contributed by atoms with van der Waals surface area (Å²) in [7, 11) is 0. The molecule has 1 heterocycles. The van der Waals surface area contributed by atoms with Crippen molar-refractivity contribution in [2.75, 3.05) is 6.73 Å². The molecular weight excluding hydrogens is 154 g/mol. The second kappa shape index (κ2) is 3.86. The van der Waals surface area contributed by atoms with Crippen molar-refractivity contribution in [1.29, 1.82) is 0 Å². The lowest BCUT2D eigenvalue weighted by Gasteiger charge is -1.96. The van der Waals surface area contributed by atoms with Crippen molar-refractivity contribution >= 4 is 0 Å². The average molecular weight is 161 g/mol. The van der Waals surface area contributed by atoms with Crippen LogP contribution < -0.4 is 11.2 Å². The van der Waals surface area contributed by atoms with Crippen molar-refractivity contribution in [2.45, 2.75) is 6.61 Å². The first-order valence-corrected chi connectivity index (χ1v) is 2.83. The van der Waals surface area contributed by atoms with Crippen LogP contribution in [0.2, 0.25) is 0 Å². The summed E-state index contributed by atoms with van der Waals surface area (Å²) < 4.78 is 4.16. The Morgan fingerprint density at radius 1 is 1.82 bits per heavy atom. The molecule has 0 radical (unpaired) electrons. The van der Waals surface area contributed by atoms with E-state index in [0.29, 0.717) is 0 Å². The van der Waals surface area contributed by atoms with Crippen molar-refractivity contribution in [3.8, 4) is 0 Å².